The predicted molar refractivity (Wildman–Crippen MR) is 78.4 cm³/mol. The zero-order chi connectivity index (χ0) is 14.5. The first kappa shape index (κ1) is 15.0. The van der Waals surface area contributed by atoms with E-state index in [2.05, 4.69) is 24.1 Å². The summed E-state index contributed by atoms with van der Waals surface area (Å²) in [6.45, 7) is 5.11. The molecular weight excluding hydrogens is 279 g/mol. The van der Waals surface area contributed by atoms with E-state index in [1.165, 1.54) is 6.07 Å². The monoisotopic (exact) mass is 296 g/mol. The van der Waals surface area contributed by atoms with Crippen LogP contribution in [0.2, 0.25) is 5.02 Å². The molecule has 0 saturated carbocycles. The van der Waals surface area contributed by atoms with Gasteiger partial charge >= 0.3 is 0 Å². The van der Waals surface area contributed by atoms with Crippen molar-refractivity contribution in [3.63, 3.8) is 0 Å². The molecule has 0 unspecified atom stereocenters. The molecule has 0 aliphatic carbocycles. The molecule has 3 nitrogen and oxygen atoms in total. The molecule has 108 valence electrons. The van der Waals surface area contributed by atoms with E-state index in [0.29, 0.717) is 28.3 Å². The topological polar surface area (TPSA) is 38.1 Å². The molecule has 2 aromatic rings. The van der Waals surface area contributed by atoms with Gasteiger partial charge < -0.3 is 9.73 Å². The number of halogens is 2. The van der Waals surface area contributed by atoms with Crippen molar-refractivity contribution in [2.24, 2.45) is 0 Å². The van der Waals surface area contributed by atoms with E-state index in [4.69, 9.17) is 16.0 Å². The first-order chi connectivity index (χ1) is 9.56. The number of benzene rings is 1. The van der Waals surface area contributed by atoms with Gasteiger partial charge in [0, 0.05) is 17.5 Å². The van der Waals surface area contributed by atoms with Gasteiger partial charge in [0.1, 0.15) is 5.82 Å². The SMILES string of the molecule is CC(C)NCCCc1ncc(-c2ccc(Cl)cc2F)o1. The number of rotatable bonds is 6. The molecule has 0 radical (unpaired) electrons. The van der Waals surface area contributed by atoms with Crippen LogP contribution in [0.5, 0.6) is 0 Å². The highest BCUT2D eigenvalue weighted by Gasteiger charge is 2.11. The molecule has 0 atom stereocenters. The van der Waals surface area contributed by atoms with Crippen LogP contribution in [0, 0.1) is 5.82 Å². The summed E-state index contributed by atoms with van der Waals surface area (Å²) >= 11 is 5.73. The van der Waals surface area contributed by atoms with Gasteiger partial charge in [-0.25, -0.2) is 9.37 Å². The molecule has 0 amide bonds. The van der Waals surface area contributed by atoms with Gasteiger partial charge in [-0.05, 0) is 31.2 Å². The van der Waals surface area contributed by atoms with Crippen molar-refractivity contribution >= 4 is 11.6 Å². The van der Waals surface area contributed by atoms with E-state index in [1.807, 2.05) is 0 Å². The molecule has 0 aliphatic rings. The van der Waals surface area contributed by atoms with Crippen LogP contribution in [0.25, 0.3) is 11.3 Å². The lowest BCUT2D eigenvalue weighted by atomic mass is 10.2. The van der Waals surface area contributed by atoms with Crippen LogP contribution in [0.4, 0.5) is 4.39 Å². The fraction of sp³-hybridized carbons (Fsp3) is 0.400. The van der Waals surface area contributed by atoms with Crippen LogP contribution < -0.4 is 5.32 Å². The van der Waals surface area contributed by atoms with Crippen molar-refractivity contribution in [3.8, 4) is 11.3 Å². The van der Waals surface area contributed by atoms with Crippen molar-refractivity contribution in [1.82, 2.24) is 10.3 Å². The van der Waals surface area contributed by atoms with Crippen LogP contribution >= 0.6 is 11.6 Å². The summed E-state index contributed by atoms with van der Waals surface area (Å²) in [5.41, 5.74) is 0.383. The third kappa shape index (κ3) is 4.05. The Morgan fingerprint density at radius 1 is 1.40 bits per heavy atom. The van der Waals surface area contributed by atoms with Crippen LogP contribution in [0.3, 0.4) is 0 Å². The molecule has 2 rings (SSSR count). The summed E-state index contributed by atoms with van der Waals surface area (Å²) in [4.78, 5) is 4.18. The summed E-state index contributed by atoms with van der Waals surface area (Å²) in [5, 5.41) is 3.69. The van der Waals surface area contributed by atoms with Crippen molar-refractivity contribution in [1.29, 1.82) is 0 Å². The van der Waals surface area contributed by atoms with Gasteiger partial charge in [0.2, 0.25) is 0 Å². The van der Waals surface area contributed by atoms with Crippen LogP contribution in [0.15, 0.2) is 28.8 Å². The van der Waals surface area contributed by atoms with Gasteiger partial charge in [-0.3, -0.25) is 0 Å². The predicted octanol–water partition coefficient (Wildman–Crippen LogP) is 4.06. The van der Waals surface area contributed by atoms with Gasteiger partial charge in [0.05, 0.1) is 11.8 Å². The summed E-state index contributed by atoms with van der Waals surface area (Å²) in [6, 6.07) is 4.97. The van der Waals surface area contributed by atoms with E-state index in [-0.39, 0.29) is 0 Å². The molecule has 5 heteroatoms. The molecule has 0 bridgehead atoms. The lowest BCUT2D eigenvalue weighted by Gasteiger charge is -2.05. The minimum absolute atomic E-state index is 0.366. The number of nitrogens with zero attached hydrogens (tertiary/aromatic N) is 1. The highest BCUT2D eigenvalue weighted by atomic mass is 35.5. The third-order valence-electron chi connectivity index (χ3n) is 2.87. The van der Waals surface area contributed by atoms with Gasteiger partial charge in [-0.2, -0.15) is 0 Å². The van der Waals surface area contributed by atoms with Crippen molar-refractivity contribution in [2.75, 3.05) is 6.54 Å². The van der Waals surface area contributed by atoms with Gasteiger partial charge in [-0.15, -0.1) is 0 Å². The number of aromatic nitrogens is 1. The second kappa shape index (κ2) is 6.86. The number of hydrogen-bond acceptors (Lipinski definition) is 3. The zero-order valence-electron chi connectivity index (χ0n) is 11.6. The van der Waals surface area contributed by atoms with Gasteiger partial charge in [0.25, 0.3) is 0 Å². The molecule has 1 aromatic carbocycles. The number of aryl methyl sites for hydroxylation is 1. The quantitative estimate of drug-likeness (QED) is 0.817. The number of oxazole rings is 1. The Balaban J connectivity index is 1.98. The normalized spacial score (nSPS) is 11.2. The molecular formula is C15H18ClFN2O. The van der Waals surface area contributed by atoms with E-state index in [0.717, 1.165) is 19.4 Å². The van der Waals surface area contributed by atoms with Crippen molar-refractivity contribution in [2.45, 2.75) is 32.7 Å². The Morgan fingerprint density at radius 3 is 2.90 bits per heavy atom. The van der Waals surface area contributed by atoms with E-state index in [1.54, 1.807) is 18.3 Å². The van der Waals surface area contributed by atoms with Crippen LogP contribution in [-0.2, 0) is 6.42 Å². The average Bonchev–Trinajstić information content (AvgIpc) is 2.83. The highest BCUT2D eigenvalue weighted by molar-refractivity contribution is 6.30. The van der Waals surface area contributed by atoms with Gasteiger partial charge in [0.15, 0.2) is 11.7 Å². The fourth-order valence-electron chi connectivity index (χ4n) is 1.87. The average molecular weight is 297 g/mol. The summed E-state index contributed by atoms with van der Waals surface area (Å²) in [6.07, 6.45) is 3.22. The van der Waals surface area contributed by atoms with E-state index < -0.39 is 5.82 Å². The fourth-order valence-corrected chi connectivity index (χ4v) is 2.03. The summed E-state index contributed by atoms with van der Waals surface area (Å²) < 4.78 is 19.3. The number of nitrogens with one attached hydrogen (secondary N) is 1. The number of hydrogen-bond donors (Lipinski definition) is 1. The smallest absolute Gasteiger partial charge is 0.194 e. The standard InChI is InChI=1S/C15H18ClFN2O/c1-10(2)18-7-3-4-15-19-9-14(20-15)12-6-5-11(16)8-13(12)17/h5-6,8-10,18H,3-4,7H2,1-2H3. The minimum atomic E-state index is -0.401. The summed E-state index contributed by atoms with van der Waals surface area (Å²) in [7, 11) is 0. The maximum absolute atomic E-state index is 13.8. The Labute approximate surface area is 123 Å². The molecule has 0 saturated heterocycles. The second-order valence-corrected chi connectivity index (χ2v) is 5.39. The molecule has 0 spiro atoms. The van der Waals surface area contributed by atoms with E-state index in [9.17, 15) is 4.39 Å². The Morgan fingerprint density at radius 2 is 2.20 bits per heavy atom. The maximum atomic E-state index is 13.8. The van der Waals surface area contributed by atoms with E-state index >= 15 is 0 Å². The first-order valence-corrected chi connectivity index (χ1v) is 7.07. The molecule has 1 N–H and O–H groups in total. The first-order valence-electron chi connectivity index (χ1n) is 6.70. The summed E-state index contributed by atoms with van der Waals surface area (Å²) in [5.74, 6) is 0.660. The molecule has 0 fully saturated rings. The molecule has 0 aliphatic heterocycles. The Kier molecular flexibility index (Phi) is 5.15. The third-order valence-corrected chi connectivity index (χ3v) is 3.11. The Hall–Kier alpha value is -1.39. The second-order valence-electron chi connectivity index (χ2n) is 4.95. The highest BCUT2D eigenvalue weighted by Crippen LogP contribution is 2.26. The minimum Gasteiger partial charge on any atom is -0.441 e. The maximum Gasteiger partial charge on any atom is 0.194 e. The lowest BCUT2D eigenvalue weighted by molar-refractivity contribution is 0.482. The van der Waals surface area contributed by atoms with Crippen LogP contribution in [0.1, 0.15) is 26.2 Å². The van der Waals surface area contributed by atoms with Crippen molar-refractivity contribution in [3.05, 3.63) is 41.1 Å². The van der Waals surface area contributed by atoms with Crippen molar-refractivity contribution < 1.29 is 8.81 Å². The Bertz CT molecular complexity index is 569. The molecule has 1 aromatic heterocycles. The van der Waals surface area contributed by atoms with Crippen LogP contribution in [-0.4, -0.2) is 17.6 Å². The molecule has 1 heterocycles. The molecule has 20 heavy (non-hydrogen) atoms. The largest absolute Gasteiger partial charge is 0.441 e. The zero-order valence-corrected chi connectivity index (χ0v) is 12.4. The lowest BCUT2D eigenvalue weighted by Crippen LogP contribution is -2.23. The van der Waals surface area contributed by atoms with Gasteiger partial charge in [-0.1, -0.05) is 25.4 Å².